The van der Waals surface area contributed by atoms with Crippen LogP contribution < -0.4 is 0 Å². The fraction of sp³-hybridized carbons (Fsp3) is 0.0952. The topological polar surface area (TPSA) is 38.0 Å². The van der Waals surface area contributed by atoms with Crippen LogP contribution >= 0.6 is 22.9 Å². The second kappa shape index (κ2) is 7.08. The van der Waals surface area contributed by atoms with Gasteiger partial charge in [0.2, 0.25) is 0 Å². The van der Waals surface area contributed by atoms with E-state index >= 15 is 0 Å². The Kier molecular flexibility index (Phi) is 4.64. The van der Waals surface area contributed by atoms with Gasteiger partial charge in [0.1, 0.15) is 6.10 Å². The Hall–Kier alpha value is -2.40. The molecule has 0 aliphatic rings. The van der Waals surface area contributed by atoms with Gasteiger partial charge in [-0.1, -0.05) is 35.9 Å². The minimum atomic E-state index is -0.771. The smallest absolute Gasteiger partial charge is 0.108 e. The molecule has 3 aromatic heterocycles. The first kappa shape index (κ1) is 17.0. The van der Waals surface area contributed by atoms with Gasteiger partial charge in [-0.05, 0) is 35.2 Å². The first-order valence-electron chi connectivity index (χ1n) is 8.22. The number of aryl methyl sites for hydroxylation is 1. The van der Waals surface area contributed by atoms with Crippen molar-refractivity contribution in [1.29, 1.82) is 0 Å². The molecule has 1 aromatic carbocycles. The number of benzene rings is 1. The molecule has 3 nitrogen and oxygen atoms in total. The van der Waals surface area contributed by atoms with Crippen molar-refractivity contribution in [3.05, 3.63) is 88.7 Å². The molecule has 4 rings (SSSR count). The standard InChI is InChI=1S/C21H17ClN2OS/c1-24-13-17(18-5-3-11-26-18)19(21(25)15-4-2-10-23-12-15)20(24)14-6-8-16(22)9-7-14/h2-13,21,25H,1H3. The quantitative estimate of drug-likeness (QED) is 0.504. The second-order valence-corrected chi connectivity index (χ2v) is 7.47. The summed E-state index contributed by atoms with van der Waals surface area (Å²) >= 11 is 7.72. The van der Waals surface area contributed by atoms with Crippen LogP contribution in [0.1, 0.15) is 17.2 Å². The molecule has 26 heavy (non-hydrogen) atoms. The van der Waals surface area contributed by atoms with Crippen LogP contribution in [0.3, 0.4) is 0 Å². The van der Waals surface area contributed by atoms with Crippen molar-refractivity contribution in [2.45, 2.75) is 6.10 Å². The van der Waals surface area contributed by atoms with Crippen molar-refractivity contribution >= 4 is 22.9 Å². The number of hydrogen-bond donors (Lipinski definition) is 1. The predicted octanol–water partition coefficient (Wildman–Crippen LogP) is 5.55. The SMILES string of the molecule is Cn1cc(-c2cccs2)c(C(O)c2cccnc2)c1-c1ccc(Cl)cc1. The number of thiophene rings is 1. The van der Waals surface area contributed by atoms with Crippen LogP contribution in [-0.4, -0.2) is 14.7 Å². The van der Waals surface area contributed by atoms with Gasteiger partial charge in [-0.25, -0.2) is 0 Å². The first-order valence-corrected chi connectivity index (χ1v) is 9.48. The molecule has 0 radical (unpaired) electrons. The molecule has 5 heteroatoms. The molecule has 0 fully saturated rings. The van der Waals surface area contributed by atoms with Gasteiger partial charge >= 0.3 is 0 Å². The molecule has 130 valence electrons. The Morgan fingerprint density at radius 3 is 2.58 bits per heavy atom. The van der Waals surface area contributed by atoms with Crippen molar-refractivity contribution in [3.63, 3.8) is 0 Å². The van der Waals surface area contributed by atoms with Gasteiger partial charge in [-0.2, -0.15) is 0 Å². The molecule has 1 N–H and O–H groups in total. The van der Waals surface area contributed by atoms with E-state index in [0.717, 1.165) is 32.8 Å². The van der Waals surface area contributed by atoms with E-state index < -0.39 is 6.10 Å². The van der Waals surface area contributed by atoms with Gasteiger partial charge in [-0.15, -0.1) is 11.3 Å². The lowest BCUT2D eigenvalue weighted by Gasteiger charge is -2.16. The van der Waals surface area contributed by atoms with Crippen LogP contribution in [0, 0.1) is 0 Å². The maximum absolute atomic E-state index is 11.2. The molecule has 1 unspecified atom stereocenters. The molecule has 0 aliphatic heterocycles. The molecule has 0 saturated heterocycles. The summed E-state index contributed by atoms with van der Waals surface area (Å²) in [6.07, 6.45) is 4.72. The fourth-order valence-electron chi connectivity index (χ4n) is 3.22. The highest BCUT2D eigenvalue weighted by atomic mass is 35.5. The van der Waals surface area contributed by atoms with Crippen LogP contribution in [-0.2, 0) is 7.05 Å². The van der Waals surface area contributed by atoms with E-state index in [-0.39, 0.29) is 0 Å². The van der Waals surface area contributed by atoms with Crippen molar-refractivity contribution in [3.8, 4) is 21.7 Å². The molecule has 0 bridgehead atoms. The first-order chi connectivity index (χ1) is 12.6. The molecule has 1 atom stereocenters. The van der Waals surface area contributed by atoms with Gasteiger partial charge in [0, 0.05) is 52.2 Å². The summed E-state index contributed by atoms with van der Waals surface area (Å²) < 4.78 is 2.06. The Bertz CT molecular complexity index is 1010. The molecule has 4 aromatic rings. The predicted molar refractivity (Wildman–Crippen MR) is 107 cm³/mol. The summed E-state index contributed by atoms with van der Waals surface area (Å²) in [4.78, 5) is 5.29. The Balaban J connectivity index is 1.95. The number of rotatable bonds is 4. The Labute approximate surface area is 161 Å². The lowest BCUT2D eigenvalue weighted by atomic mass is 9.95. The Morgan fingerprint density at radius 2 is 1.92 bits per heavy atom. The van der Waals surface area contributed by atoms with Gasteiger partial charge in [0.15, 0.2) is 0 Å². The second-order valence-electron chi connectivity index (χ2n) is 6.09. The van der Waals surface area contributed by atoms with Crippen LogP contribution in [0.25, 0.3) is 21.7 Å². The monoisotopic (exact) mass is 380 g/mol. The van der Waals surface area contributed by atoms with E-state index in [4.69, 9.17) is 11.6 Å². The number of aliphatic hydroxyl groups excluding tert-OH is 1. The summed E-state index contributed by atoms with van der Waals surface area (Å²) in [5.74, 6) is 0. The maximum Gasteiger partial charge on any atom is 0.108 e. The van der Waals surface area contributed by atoms with Gasteiger partial charge in [0.05, 0.1) is 5.69 Å². The van der Waals surface area contributed by atoms with E-state index in [1.54, 1.807) is 23.7 Å². The zero-order chi connectivity index (χ0) is 18.1. The highest BCUT2D eigenvalue weighted by Gasteiger charge is 2.24. The van der Waals surface area contributed by atoms with Gasteiger partial charge in [0.25, 0.3) is 0 Å². The normalized spacial score (nSPS) is 12.3. The molecule has 0 spiro atoms. The summed E-state index contributed by atoms with van der Waals surface area (Å²) in [6, 6.07) is 15.5. The van der Waals surface area contributed by atoms with Crippen molar-refractivity contribution < 1.29 is 5.11 Å². The highest BCUT2D eigenvalue weighted by Crippen LogP contribution is 2.41. The third-order valence-corrected chi connectivity index (χ3v) is 5.55. The summed E-state index contributed by atoms with van der Waals surface area (Å²) in [5, 5.41) is 13.9. The summed E-state index contributed by atoms with van der Waals surface area (Å²) in [6.45, 7) is 0. The number of aromatic nitrogens is 2. The molecule has 0 saturated carbocycles. The fourth-order valence-corrected chi connectivity index (χ4v) is 4.10. The van der Waals surface area contributed by atoms with E-state index in [2.05, 4.69) is 21.8 Å². The van der Waals surface area contributed by atoms with E-state index in [0.29, 0.717) is 5.02 Å². The van der Waals surface area contributed by atoms with Crippen LogP contribution in [0.15, 0.2) is 72.5 Å². The van der Waals surface area contributed by atoms with Crippen LogP contribution in [0.5, 0.6) is 0 Å². The molecule has 0 aliphatic carbocycles. The van der Waals surface area contributed by atoms with Crippen molar-refractivity contribution in [2.75, 3.05) is 0 Å². The van der Waals surface area contributed by atoms with Gasteiger partial charge < -0.3 is 9.67 Å². The van der Waals surface area contributed by atoms with Crippen LogP contribution in [0.2, 0.25) is 5.02 Å². The van der Waals surface area contributed by atoms with Crippen molar-refractivity contribution in [2.24, 2.45) is 7.05 Å². The molecule has 3 heterocycles. The minimum absolute atomic E-state index is 0.691. The number of nitrogens with zero attached hydrogens (tertiary/aromatic N) is 2. The number of hydrogen-bond acceptors (Lipinski definition) is 3. The lowest BCUT2D eigenvalue weighted by molar-refractivity contribution is 0.221. The zero-order valence-electron chi connectivity index (χ0n) is 14.1. The van der Waals surface area contributed by atoms with Gasteiger partial charge in [-0.3, -0.25) is 4.98 Å². The highest BCUT2D eigenvalue weighted by molar-refractivity contribution is 7.13. The van der Waals surface area contributed by atoms with Crippen molar-refractivity contribution in [1.82, 2.24) is 9.55 Å². The molecular formula is C21H17ClN2OS. The molecule has 0 amide bonds. The molecular weight excluding hydrogens is 364 g/mol. The van der Waals surface area contributed by atoms with E-state index in [1.165, 1.54) is 0 Å². The largest absolute Gasteiger partial charge is 0.383 e. The lowest BCUT2D eigenvalue weighted by Crippen LogP contribution is -2.03. The maximum atomic E-state index is 11.2. The zero-order valence-corrected chi connectivity index (χ0v) is 15.7. The third-order valence-electron chi connectivity index (χ3n) is 4.40. The number of pyridine rings is 1. The average Bonchev–Trinajstić information content (AvgIpc) is 3.30. The van der Waals surface area contributed by atoms with E-state index in [9.17, 15) is 5.11 Å². The average molecular weight is 381 g/mol. The third kappa shape index (κ3) is 3.07. The summed E-state index contributed by atoms with van der Waals surface area (Å²) in [7, 11) is 2.00. The summed E-state index contributed by atoms with van der Waals surface area (Å²) in [5.41, 5.74) is 4.67. The van der Waals surface area contributed by atoms with Crippen LogP contribution in [0.4, 0.5) is 0 Å². The number of halogens is 1. The number of aliphatic hydroxyl groups is 1. The Morgan fingerprint density at radius 1 is 1.12 bits per heavy atom. The van der Waals surface area contributed by atoms with E-state index in [1.807, 2.05) is 54.9 Å². The minimum Gasteiger partial charge on any atom is -0.383 e.